The maximum atomic E-state index is 11.4. The summed E-state index contributed by atoms with van der Waals surface area (Å²) in [5.74, 6) is -0.750. The molecule has 0 saturated heterocycles. The van der Waals surface area contributed by atoms with Crippen LogP contribution in [0.4, 0.5) is 0 Å². The first-order valence-electron chi connectivity index (χ1n) is 5.98. The predicted molar refractivity (Wildman–Crippen MR) is 64.5 cm³/mol. The van der Waals surface area contributed by atoms with Gasteiger partial charge in [0.25, 0.3) is 0 Å². The number of rotatable bonds is 7. The summed E-state index contributed by atoms with van der Waals surface area (Å²) in [6.07, 6.45) is 8.78. The first kappa shape index (κ1) is 12.8. The maximum Gasteiger partial charge on any atom is 0.329 e. The number of hydrogen-bond acceptors (Lipinski definition) is 1. The zero-order valence-corrected chi connectivity index (χ0v) is 10.1. The van der Waals surface area contributed by atoms with Gasteiger partial charge in [-0.25, -0.2) is 4.79 Å². The summed E-state index contributed by atoms with van der Waals surface area (Å²) < 4.78 is 1.79. The standard InChI is InChI=1S/C13H21NO2/c1-3-4-5-6-9-13(2,12(15)16)14-10-7-8-11-14/h7-8,10-11H,3-6,9H2,1-2H3,(H,15,16). The zero-order chi connectivity index (χ0) is 12.0. The van der Waals surface area contributed by atoms with E-state index in [1.54, 1.807) is 11.5 Å². The highest BCUT2D eigenvalue weighted by Gasteiger charge is 2.33. The molecule has 1 rings (SSSR count). The molecule has 0 bridgehead atoms. The Hall–Kier alpha value is -1.25. The summed E-state index contributed by atoms with van der Waals surface area (Å²) in [7, 11) is 0. The highest BCUT2D eigenvalue weighted by Crippen LogP contribution is 2.24. The second-order valence-electron chi connectivity index (χ2n) is 4.48. The maximum absolute atomic E-state index is 11.4. The molecule has 0 saturated carbocycles. The van der Waals surface area contributed by atoms with Crippen LogP contribution in [0.3, 0.4) is 0 Å². The van der Waals surface area contributed by atoms with Crippen LogP contribution in [-0.4, -0.2) is 15.6 Å². The van der Waals surface area contributed by atoms with Gasteiger partial charge in [0, 0.05) is 12.4 Å². The van der Waals surface area contributed by atoms with Crippen LogP contribution >= 0.6 is 0 Å². The fourth-order valence-electron chi connectivity index (χ4n) is 1.91. The van der Waals surface area contributed by atoms with Gasteiger partial charge in [-0.2, -0.15) is 0 Å². The molecule has 90 valence electrons. The van der Waals surface area contributed by atoms with Crippen LogP contribution < -0.4 is 0 Å². The third-order valence-corrected chi connectivity index (χ3v) is 3.15. The van der Waals surface area contributed by atoms with Crippen molar-refractivity contribution >= 4 is 5.97 Å². The third-order valence-electron chi connectivity index (χ3n) is 3.15. The Labute approximate surface area is 97.1 Å². The van der Waals surface area contributed by atoms with Crippen LogP contribution in [0.25, 0.3) is 0 Å². The van der Waals surface area contributed by atoms with Crippen LogP contribution in [0, 0.1) is 0 Å². The van der Waals surface area contributed by atoms with Gasteiger partial charge in [0.15, 0.2) is 0 Å². The summed E-state index contributed by atoms with van der Waals surface area (Å²) >= 11 is 0. The van der Waals surface area contributed by atoms with Gasteiger partial charge in [0.2, 0.25) is 0 Å². The number of carbonyl (C=O) groups is 1. The minimum atomic E-state index is -0.794. The topological polar surface area (TPSA) is 42.2 Å². The van der Waals surface area contributed by atoms with Crippen molar-refractivity contribution in [2.45, 2.75) is 51.5 Å². The quantitative estimate of drug-likeness (QED) is 0.721. The molecule has 1 unspecified atom stereocenters. The molecule has 1 aromatic heterocycles. The highest BCUT2D eigenvalue weighted by atomic mass is 16.4. The van der Waals surface area contributed by atoms with Crippen molar-refractivity contribution in [3.05, 3.63) is 24.5 Å². The number of unbranched alkanes of at least 4 members (excludes halogenated alkanes) is 3. The van der Waals surface area contributed by atoms with Crippen molar-refractivity contribution in [2.75, 3.05) is 0 Å². The molecule has 1 aromatic rings. The van der Waals surface area contributed by atoms with Gasteiger partial charge >= 0.3 is 5.97 Å². The fraction of sp³-hybridized carbons (Fsp3) is 0.615. The molecule has 16 heavy (non-hydrogen) atoms. The van der Waals surface area contributed by atoms with E-state index < -0.39 is 11.5 Å². The Balaban J connectivity index is 2.63. The van der Waals surface area contributed by atoms with E-state index in [9.17, 15) is 9.90 Å². The van der Waals surface area contributed by atoms with E-state index >= 15 is 0 Å². The van der Waals surface area contributed by atoms with Gasteiger partial charge in [0.05, 0.1) is 0 Å². The number of nitrogens with zero attached hydrogens (tertiary/aromatic N) is 1. The van der Waals surface area contributed by atoms with Gasteiger partial charge in [-0.15, -0.1) is 0 Å². The molecule has 0 amide bonds. The number of hydrogen-bond donors (Lipinski definition) is 1. The molecule has 0 aliphatic heterocycles. The minimum absolute atomic E-state index is 0.691. The second-order valence-corrected chi connectivity index (χ2v) is 4.48. The fourth-order valence-corrected chi connectivity index (χ4v) is 1.91. The van der Waals surface area contributed by atoms with Crippen LogP contribution in [0.2, 0.25) is 0 Å². The Kier molecular flexibility index (Phi) is 4.59. The van der Waals surface area contributed by atoms with Crippen molar-refractivity contribution in [3.63, 3.8) is 0 Å². The van der Waals surface area contributed by atoms with E-state index in [2.05, 4.69) is 6.92 Å². The Morgan fingerprint density at radius 3 is 2.38 bits per heavy atom. The van der Waals surface area contributed by atoms with Gasteiger partial charge in [0.1, 0.15) is 5.54 Å². The lowest BCUT2D eigenvalue weighted by atomic mass is 9.94. The molecule has 1 heterocycles. The lowest BCUT2D eigenvalue weighted by molar-refractivity contribution is -0.147. The number of carboxylic acid groups (broad SMARTS) is 1. The molecule has 0 fully saturated rings. The highest BCUT2D eigenvalue weighted by molar-refractivity contribution is 5.76. The summed E-state index contributed by atoms with van der Waals surface area (Å²) in [5.41, 5.74) is -0.794. The molecule has 0 spiro atoms. The summed E-state index contributed by atoms with van der Waals surface area (Å²) in [6.45, 7) is 3.95. The minimum Gasteiger partial charge on any atom is -0.479 e. The van der Waals surface area contributed by atoms with Crippen LogP contribution in [0.1, 0.15) is 46.0 Å². The van der Waals surface area contributed by atoms with E-state index in [-0.39, 0.29) is 0 Å². The lowest BCUT2D eigenvalue weighted by Gasteiger charge is -2.27. The summed E-state index contributed by atoms with van der Waals surface area (Å²) in [4.78, 5) is 11.4. The van der Waals surface area contributed by atoms with Crippen LogP contribution in [0.5, 0.6) is 0 Å². The largest absolute Gasteiger partial charge is 0.479 e. The van der Waals surface area contributed by atoms with Crippen LogP contribution in [0.15, 0.2) is 24.5 Å². The van der Waals surface area contributed by atoms with Gasteiger partial charge in [-0.3, -0.25) is 0 Å². The average molecular weight is 223 g/mol. The molecule has 3 heteroatoms. The summed E-state index contributed by atoms with van der Waals surface area (Å²) in [5, 5.41) is 9.34. The monoisotopic (exact) mass is 223 g/mol. The Bertz CT molecular complexity index is 319. The normalized spacial score (nSPS) is 14.6. The first-order valence-corrected chi connectivity index (χ1v) is 5.98. The number of aliphatic carboxylic acids is 1. The number of carboxylic acids is 1. The Morgan fingerprint density at radius 2 is 1.88 bits per heavy atom. The van der Waals surface area contributed by atoms with E-state index in [1.807, 2.05) is 24.5 Å². The molecular weight excluding hydrogens is 202 g/mol. The van der Waals surface area contributed by atoms with Crippen LogP contribution in [-0.2, 0) is 10.3 Å². The molecule has 0 aromatic carbocycles. The molecule has 1 N–H and O–H groups in total. The molecule has 1 atom stereocenters. The van der Waals surface area contributed by atoms with Gasteiger partial charge < -0.3 is 9.67 Å². The molecular formula is C13H21NO2. The molecule has 0 aliphatic carbocycles. The van der Waals surface area contributed by atoms with Gasteiger partial charge in [-0.1, -0.05) is 32.6 Å². The van der Waals surface area contributed by atoms with E-state index in [0.717, 1.165) is 12.8 Å². The van der Waals surface area contributed by atoms with Crippen molar-refractivity contribution in [1.29, 1.82) is 0 Å². The first-order chi connectivity index (χ1) is 7.61. The summed E-state index contributed by atoms with van der Waals surface area (Å²) in [6, 6.07) is 3.74. The third kappa shape index (κ3) is 2.87. The number of aromatic nitrogens is 1. The molecule has 0 radical (unpaired) electrons. The lowest BCUT2D eigenvalue weighted by Crippen LogP contribution is -2.38. The average Bonchev–Trinajstić information content (AvgIpc) is 2.77. The van der Waals surface area contributed by atoms with E-state index in [1.165, 1.54) is 12.8 Å². The predicted octanol–water partition coefficient (Wildman–Crippen LogP) is 3.26. The van der Waals surface area contributed by atoms with Crippen molar-refractivity contribution in [2.24, 2.45) is 0 Å². The van der Waals surface area contributed by atoms with E-state index in [0.29, 0.717) is 6.42 Å². The van der Waals surface area contributed by atoms with E-state index in [4.69, 9.17) is 0 Å². The van der Waals surface area contributed by atoms with Crippen molar-refractivity contribution < 1.29 is 9.90 Å². The van der Waals surface area contributed by atoms with Gasteiger partial charge in [-0.05, 0) is 25.5 Å². The SMILES string of the molecule is CCCCCCC(C)(C(=O)O)n1cccc1. The molecule has 0 aliphatic rings. The van der Waals surface area contributed by atoms with Crippen molar-refractivity contribution in [3.8, 4) is 0 Å². The van der Waals surface area contributed by atoms with Crippen molar-refractivity contribution in [1.82, 2.24) is 4.57 Å². The second kappa shape index (κ2) is 5.73. The smallest absolute Gasteiger partial charge is 0.329 e. The Morgan fingerprint density at radius 1 is 1.25 bits per heavy atom. The molecule has 3 nitrogen and oxygen atoms in total. The zero-order valence-electron chi connectivity index (χ0n) is 10.1.